The van der Waals surface area contributed by atoms with Gasteiger partial charge in [0.2, 0.25) is 12.4 Å². The third-order valence-corrected chi connectivity index (χ3v) is 1.70. The summed E-state index contributed by atoms with van der Waals surface area (Å²) in [6, 6.07) is 0. The zero-order valence-electron chi connectivity index (χ0n) is 5.53. The van der Waals surface area contributed by atoms with Gasteiger partial charge in [0.25, 0.3) is 5.82 Å². The van der Waals surface area contributed by atoms with Crippen LogP contribution < -0.4 is 4.73 Å². The van der Waals surface area contributed by atoms with Gasteiger partial charge < -0.3 is 5.21 Å². The maximum absolute atomic E-state index is 12.7. The van der Waals surface area contributed by atoms with Crippen LogP contribution in [-0.2, 0) is 0 Å². The first kappa shape index (κ1) is 8.85. The minimum Gasteiger partial charge on any atom is -0.619 e. The molecular weight excluding hydrogens is 235 g/mol. The second-order valence-corrected chi connectivity index (χ2v) is 2.77. The zero-order chi connectivity index (χ0) is 9.30. The molecule has 0 aliphatic carbocycles. The van der Waals surface area contributed by atoms with Crippen LogP contribution in [0.15, 0.2) is 16.9 Å². The molecule has 5 nitrogen and oxygen atoms in total. The third-order valence-electron chi connectivity index (χ3n) is 1.12. The van der Waals surface area contributed by atoms with Crippen LogP contribution in [0.1, 0.15) is 0 Å². The van der Waals surface area contributed by atoms with E-state index in [0.29, 0.717) is 6.20 Å². The fraction of sp³-hybridized carbons (Fsp3) is 0. The molecule has 0 saturated carbocycles. The fourth-order valence-electron chi connectivity index (χ4n) is 0.671. The van der Waals surface area contributed by atoms with Crippen molar-refractivity contribution in [1.82, 2.24) is 0 Å². The minimum atomic E-state index is -1.16. The molecule has 0 unspecified atom stereocenters. The SMILES string of the molecule is O=[N+]([O-])c1c(F)c[n+]([O-])cc1Br. The summed E-state index contributed by atoms with van der Waals surface area (Å²) in [6.45, 7) is 0. The average Bonchev–Trinajstić information content (AvgIpc) is 1.82. The molecule has 0 atom stereocenters. The highest BCUT2D eigenvalue weighted by Crippen LogP contribution is 2.24. The van der Waals surface area contributed by atoms with E-state index >= 15 is 0 Å². The van der Waals surface area contributed by atoms with Gasteiger partial charge in [-0.1, -0.05) is 0 Å². The van der Waals surface area contributed by atoms with E-state index in [0.717, 1.165) is 6.20 Å². The van der Waals surface area contributed by atoms with Crippen molar-refractivity contribution in [2.75, 3.05) is 0 Å². The lowest BCUT2D eigenvalue weighted by Gasteiger charge is -1.97. The lowest BCUT2D eigenvalue weighted by molar-refractivity contribution is -0.608. The number of rotatable bonds is 1. The van der Waals surface area contributed by atoms with Crippen molar-refractivity contribution in [3.8, 4) is 0 Å². The molecule has 0 saturated heterocycles. The van der Waals surface area contributed by atoms with Gasteiger partial charge >= 0.3 is 5.69 Å². The highest BCUT2D eigenvalue weighted by atomic mass is 79.9. The van der Waals surface area contributed by atoms with Crippen LogP contribution >= 0.6 is 15.9 Å². The summed E-state index contributed by atoms with van der Waals surface area (Å²) in [4.78, 5) is 9.27. The average molecular weight is 237 g/mol. The summed E-state index contributed by atoms with van der Waals surface area (Å²) < 4.78 is 12.6. The molecule has 12 heavy (non-hydrogen) atoms. The molecular formula is C5H2BrFN2O3. The van der Waals surface area contributed by atoms with Gasteiger partial charge in [-0.15, -0.1) is 0 Å². The van der Waals surface area contributed by atoms with E-state index in [1.165, 1.54) is 0 Å². The summed E-state index contributed by atoms with van der Waals surface area (Å²) in [5.74, 6) is -1.16. The number of hydrogen-bond donors (Lipinski definition) is 0. The molecule has 0 spiro atoms. The molecule has 0 amide bonds. The normalized spacial score (nSPS) is 9.83. The molecule has 64 valence electrons. The van der Waals surface area contributed by atoms with Crippen molar-refractivity contribution in [3.63, 3.8) is 0 Å². The highest BCUT2D eigenvalue weighted by molar-refractivity contribution is 9.10. The summed E-state index contributed by atoms with van der Waals surface area (Å²) in [7, 11) is 0. The van der Waals surface area contributed by atoms with Crippen LogP contribution in [0.3, 0.4) is 0 Å². The predicted octanol–water partition coefficient (Wildman–Crippen LogP) is 1.13. The number of halogens is 2. The predicted molar refractivity (Wildman–Crippen MR) is 39.7 cm³/mol. The van der Waals surface area contributed by atoms with Crippen molar-refractivity contribution >= 4 is 21.6 Å². The minimum absolute atomic E-state index is 0.145. The Bertz CT molecular complexity index is 320. The van der Waals surface area contributed by atoms with Crippen LogP contribution in [0.25, 0.3) is 0 Å². The van der Waals surface area contributed by atoms with Gasteiger partial charge in [-0.2, -0.15) is 9.12 Å². The summed E-state index contributed by atoms with van der Waals surface area (Å²) in [5.41, 5.74) is -0.734. The third kappa shape index (κ3) is 1.50. The van der Waals surface area contributed by atoms with Crippen molar-refractivity contribution in [2.24, 2.45) is 0 Å². The quantitative estimate of drug-likeness (QED) is 0.318. The van der Waals surface area contributed by atoms with Crippen LogP contribution in [0.2, 0.25) is 0 Å². The molecule has 1 aromatic rings. The topological polar surface area (TPSA) is 70.1 Å². The Morgan fingerprint density at radius 3 is 2.58 bits per heavy atom. The lowest BCUT2D eigenvalue weighted by atomic mass is 10.4. The Kier molecular flexibility index (Phi) is 2.22. The molecule has 1 heterocycles. The first-order chi connectivity index (χ1) is 5.52. The van der Waals surface area contributed by atoms with Gasteiger partial charge in [-0.25, -0.2) is 0 Å². The van der Waals surface area contributed by atoms with Gasteiger partial charge in [0, 0.05) is 0 Å². The van der Waals surface area contributed by atoms with Gasteiger partial charge in [0.1, 0.15) is 0 Å². The van der Waals surface area contributed by atoms with Gasteiger partial charge in [-0.05, 0) is 15.9 Å². The monoisotopic (exact) mass is 236 g/mol. The second kappa shape index (κ2) is 3.02. The molecule has 0 N–H and O–H groups in total. The summed E-state index contributed by atoms with van der Waals surface area (Å²) in [5, 5.41) is 20.7. The molecule has 0 radical (unpaired) electrons. The number of pyridine rings is 1. The number of nitro groups is 1. The van der Waals surface area contributed by atoms with Crippen molar-refractivity contribution < 1.29 is 14.0 Å². The number of aromatic nitrogens is 1. The van der Waals surface area contributed by atoms with E-state index in [1.807, 2.05) is 0 Å². The van der Waals surface area contributed by atoms with E-state index in [1.54, 1.807) is 0 Å². The van der Waals surface area contributed by atoms with Crippen LogP contribution in [-0.4, -0.2) is 4.92 Å². The molecule has 1 rings (SSSR count). The van der Waals surface area contributed by atoms with Crippen LogP contribution in [0.4, 0.5) is 10.1 Å². The van der Waals surface area contributed by atoms with E-state index in [2.05, 4.69) is 15.9 Å². The largest absolute Gasteiger partial charge is 0.619 e. The Morgan fingerprint density at radius 2 is 2.17 bits per heavy atom. The van der Waals surface area contributed by atoms with Crippen molar-refractivity contribution in [2.45, 2.75) is 0 Å². The first-order valence-corrected chi connectivity index (χ1v) is 3.54. The molecule has 0 aliphatic rings. The molecule has 0 aliphatic heterocycles. The first-order valence-electron chi connectivity index (χ1n) is 2.74. The molecule has 0 aromatic carbocycles. The number of nitrogens with zero attached hydrogens (tertiary/aromatic N) is 2. The Labute approximate surface area is 74.3 Å². The number of hydrogen-bond acceptors (Lipinski definition) is 3. The maximum Gasteiger partial charge on any atom is 0.331 e. The van der Waals surface area contributed by atoms with E-state index in [4.69, 9.17) is 0 Å². The molecule has 1 aromatic heterocycles. The van der Waals surface area contributed by atoms with E-state index in [9.17, 15) is 19.7 Å². The van der Waals surface area contributed by atoms with Crippen molar-refractivity contribution in [3.05, 3.63) is 38.0 Å². The lowest BCUT2D eigenvalue weighted by Crippen LogP contribution is -2.26. The Balaban J connectivity index is 3.38. The standard InChI is InChI=1S/C5H2BrFN2O3/c6-3-1-8(10)2-4(7)5(3)9(11)12/h1-2H. The highest BCUT2D eigenvalue weighted by Gasteiger charge is 2.22. The van der Waals surface area contributed by atoms with Crippen LogP contribution in [0.5, 0.6) is 0 Å². The van der Waals surface area contributed by atoms with Gasteiger partial charge in [0.05, 0.1) is 4.92 Å². The van der Waals surface area contributed by atoms with Crippen molar-refractivity contribution in [1.29, 1.82) is 0 Å². The maximum atomic E-state index is 12.7. The van der Waals surface area contributed by atoms with Gasteiger partial charge in [-0.3, -0.25) is 10.1 Å². The Hall–Kier alpha value is -1.24. The second-order valence-electron chi connectivity index (χ2n) is 1.92. The Morgan fingerprint density at radius 1 is 1.58 bits per heavy atom. The van der Waals surface area contributed by atoms with Gasteiger partial charge in [0.15, 0.2) is 4.47 Å². The smallest absolute Gasteiger partial charge is 0.331 e. The zero-order valence-corrected chi connectivity index (χ0v) is 7.12. The van der Waals surface area contributed by atoms with Crippen LogP contribution in [0, 0.1) is 21.1 Å². The summed E-state index contributed by atoms with van der Waals surface area (Å²) in [6.07, 6.45) is 1.35. The fourth-order valence-corrected chi connectivity index (χ4v) is 1.21. The van der Waals surface area contributed by atoms with E-state index in [-0.39, 0.29) is 9.20 Å². The molecule has 0 fully saturated rings. The summed E-state index contributed by atoms with van der Waals surface area (Å²) >= 11 is 2.70. The van der Waals surface area contributed by atoms with E-state index < -0.39 is 16.4 Å². The molecule has 7 heteroatoms. The molecule has 0 bridgehead atoms.